The Balaban J connectivity index is 1.63. The quantitative estimate of drug-likeness (QED) is 0.782. The van der Waals surface area contributed by atoms with Crippen molar-refractivity contribution in [3.05, 3.63) is 30.3 Å². The number of nitrogens with zero attached hydrogens (tertiary/aromatic N) is 2. The molecule has 0 saturated carbocycles. The van der Waals surface area contributed by atoms with E-state index in [2.05, 4.69) is 0 Å². The van der Waals surface area contributed by atoms with Gasteiger partial charge in [-0.25, -0.2) is 0 Å². The number of amides is 2. The molecule has 6 nitrogen and oxygen atoms in total. The van der Waals surface area contributed by atoms with Crippen LogP contribution in [-0.2, 0) is 19.1 Å². The number of ether oxygens (including phenoxy) is 1. The molecule has 1 aromatic carbocycles. The molecule has 0 N–H and O–H groups in total. The van der Waals surface area contributed by atoms with E-state index in [4.69, 9.17) is 4.74 Å². The van der Waals surface area contributed by atoms with E-state index in [0.29, 0.717) is 26.2 Å². The third-order valence-electron chi connectivity index (χ3n) is 4.90. The van der Waals surface area contributed by atoms with E-state index >= 15 is 0 Å². The first kappa shape index (κ1) is 17.5. The molecule has 0 aliphatic carbocycles. The van der Waals surface area contributed by atoms with E-state index in [1.165, 1.54) is 0 Å². The predicted molar refractivity (Wildman–Crippen MR) is 92.8 cm³/mol. The summed E-state index contributed by atoms with van der Waals surface area (Å²) in [6.45, 7) is 3.58. The third-order valence-corrected chi connectivity index (χ3v) is 4.90. The highest BCUT2D eigenvalue weighted by atomic mass is 16.5. The highest BCUT2D eigenvalue weighted by molar-refractivity contribution is 6.00. The highest BCUT2D eigenvalue weighted by Crippen LogP contribution is 2.28. The van der Waals surface area contributed by atoms with Crippen LogP contribution in [0.3, 0.4) is 0 Å². The molecule has 1 aromatic rings. The lowest BCUT2D eigenvalue weighted by Gasteiger charge is -2.33. The molecule has 2 heterocycles. The Bertz CT molecular complexity index is 646. The molecule has 2 amide bonds. The zero-order valence-corrected chi connectivity index (χ0v) is 14.5. The maximum Gasteiger partial charge on any atom is 0.310 e. The first-order chi connectivity index (χ1) is 12.1. The van der Waals surface area contributed by atoms with Crippen molar-refractivity contribution in [3.8, 4) is 0 Å². The van der Waals surface area contributed by atoms with Crippen molar-refractivity contribution in [3.63, 3.8) is 0 Å². The summed E-state index contributed by atoms with van der Waals surface area (Å²) < 4.78 is 5.09. The number of rotatable bonds is 4. The van der Waals surface area contributed by atoms with Crippen molar-refractivity contribution in [2.24, 2.45) is 11.8 Å². The summed E-state index contributed by atoms with van der Waals surface area (Å²) in [4.78, 5) is 40.5. The summed E-state index contributed by atoms with van der Waals surface area (Å²) in [6.07, 6.45) is 1.77. The standard InChI is InChI=1S/C19H24N2O4/c1-2-25-19(24)14-7-6-10-20(12-14)18(23)15-11-17(22)21(13-15)16-8-4-3-5-9-16/h3-5,8-9,14-15H,2,6-7,10-13H2,1H3. The van der Waals surface area contributed by atoms with E-state index in [1.54, 1.807) is 16.7 Å². The molecular weight excluding hydrogens is 320 g/mol. The van der Waals surface area contributed by atoms with Crippen molar-refractivity contribution >= 4 is 23.5 Å². The normalized spacial score (nSPS) is 23.6. The molecule has 134 valence electrons. The van der Waals surface area contributed by atoms with Crippen LogP contribution in [0.4, 0.5) is 5.69 Å². The van der Waals surface area contributed by atoms with E-state index in [-0.39, 0.29) is 36.0 Å². The second kappa shape index (κ2) is 7.68. The fourth-order valence-corrected chi connectivity index (χ4v) is 3.62. The minimum atomic E-state index is -0.339. The second-order valence-corrected chi connectivity index (χ2v) is 6.62. The number of hydrogen-bond donors (Lipinski definition) is 0. The summed E-state index contributed by atoms with van der Waals surface area (Å²) in [5.74, 6) is -0.869. The minimum Gasteiger partial charge on any atom is -0.466 e. The van der Waals surface area contributed by atoms with Crippen LogP contribution in [0.25, 0.3) is 0 Å². The van der Waals surface area contributed by atoms with E-state index in [9.17, 15) is 14.4 Å². The number of esters is 1. The molecule has 6 heteroatoms. The van der Waals surface area contributed by atoms with E-state index in [1.807, 2.05) is 30.3 Å². The van der Waals surface area contributed by atoms with E-state index in [0.717, 1.165) is 18.5 Å². The summed E-state index contributed by atoms with van der Waals surface area (Å²) in [7, 11) is 0. The van der Waals surface area contributed by atoms with Crippen molar-refractivity contribution in [2.45, 2.75) is 26.2 Å². The molecule has 0 spiro atoms. The van der Waals surface area contributed by atoms with Crippen LogP contribution >= 0.6 is 0 Å². The third kappa shape index (κ3) is 3.83. The predicted octanol–water partition coefficient (Wildman–Crippen LogP) is 1.84. The van der Waals surface area contributed by atoms with Gasteiger partial charge in [0, 0.05) is 31.7 Å². The van der Waals surface area contributed by atoms with Crippen LogP contribution in [0.1, 0.15) is 26.2 Å². The van der Waals surface area contributed by atoms with Gasteiger partial charge in [-0.05, 0) is 31.9 Å². The number of benzene rings is 1. The number of piperidine rings is 1. The largest absolute Gasteiger partial charge is 0.466 e. The minimum absolute atomic E-state index is 0.0245. The van der Waals surface area contributed by atoms with Crippen LogP contribution in [0, 0.1) is 11.8 Å². The van der Waals surface area contributed by atoms with Crippen LogP contribution in [0.2, 0.25) is 0 Å². The molecule has 2 aliphatic rings. The maximum absolute atomic E-state index is 12.8. The Morgan fingerprint density at radius 3 is 2.64 bits per heavy atom. The Kier molecular flexibility index (Phi) is 5.36. The van der Waals surface area contributed by atoms with Gasteiger partial charge in [-0.15, -0.1) is 0 Å². The molecule has 2 atom stereocenters. The summed E-state index contributed by atoms with van der Waals surface area (Å²) >= 11 is 0. The first-order valence-corrected chi connectivity index (χ1v) is 8.91. The number of likely N-dealkylation sites (tertiary alicyclic amines) is 1. The summed E-state index contributed by atoms with van der Waals surface area (Å²) in [6, 6.07) is 9.42. The van der Waals surface area contributed by atoms with Gasteiger partial charge < -0.3 is 14.5 Å². The lowest BCUT2D eigenvalue weighted by Crippen LogP contribution is -2.45. The van der Waals surface area contributed by atoms with Gasteiger partial charge in [-0.2, -0.15) is 0 Å². The molecule has 0 bridgehead atoms. The van der Waals surface area contributed by atoms with Crippen molar-refractivity contribution < 1.29 is 19.1 Å². The van der Waals surface area contributed by atoms with Gasteiger partial charge >= 0.3 is 5.97 Å². The van der Waals surface area contributed by atoms with Gasteiger partial charge in [0.1, 0.15) is 0 Å². The lowest BCUT2D eigenvalue weighted by molar-refractivity contribution is -0.152. The van der Waals surface area contributed by atoms with Crippen molar-refractivity contribution in [1.29, 1.82) is 0 Å². The Labute approximate surface area is 147 Å². The molecule has 2 saturated heterocycles. The van der Waals surface area contributed by atoms with Gasteiger partial charge in [-0.1, -0.05) is 18.2 Å². The number of para-hydroxylation sites is 1. The molecule has 3 rings (SSSR count). The SMILES string of the molecule is CCOC(=O)C1CCCN(C(=O)C2CC(=O)N(c3ccccc3)C2)C1. The average Bonchev–Trinajstić information content (AvgIpc) is 3.04. The zero-order chi connectivity index (χ0) is 17.8. The van der Waals surface area contributed by atoms with Crippen LogP contribution in [-0.4, -0.2) is 48.9 Å². The molecular formula is C19H24N2O4. The number of carbonyl (C=O) groups excluding carboxylic acids is 3. The Hall–Kier alpha value is -2.37. The molecule has 2 fully saturated rings. The molecule has 0 aromatic heterocycles. The molecule has 0 radical (unpaired) electrons. The lowest BCUT2D eigenvalue weighted by atomic mass is 9.96. The van der Waals surface area contributed by atoms with Crippen LogP contribution in [0.15, 0.2) is 30.3 Å². The van der Waals surface area contributed by atoms with E-state index < -0.39 is 0 Å². The zero-order valence-electron chi connectivity index (χ0n) is 14.5. The van der Waals surface area contributed by atoms with Crippen LogP contribution < -0.4 is 4.90 Å². The van der Waals surface area contributed by atoms with Crippen molar-refractivity contribution in [2.75, 3.05) is 31.1 Å². The number of hydrogen-bond acceptors (Lipinski definition) is 4. The summed E-state index contributed by atoms with van der Waals surface area (Å²) in [5.41, 5.74) is 0.825. The second-order valence-electron chi connectivity index (χ2n) is 6.62. The van der Waals surface area contributed by atoms with Crippen molar-refractivity contribution in [1.82, 2.24) is 4.90 Å². The maximum atomic E-state index is 12.8. The fraction of sp³-hybridized carbons (Fsp3) is 0.526. The van der Waals surface area contributed by atoms with Gasteiger partial charge in [0.25, 0.3) is 0 Å². The number of carbonyl (C=O) groups is 3. The van der Waals surface area contributed by atoms with Crippen LogP contribution in [0.5, 0.6) is 0 Å². The first-order valence-electron chi connectivity index (χ1n) is 8.91. The number of anilines is 1. The van der Waals surface area contributed by atoms with Gasteiger partial charge in [-0.3, -0.25) is 14.4 Å². The summed E-state index contributed by atoms with van der Waals surface area (Å²) in [5, 5.41) is 0. The van der Waals surface area contributed by atoms with Gasteiger partial charge in [0.2, 0.25) is 11.8 Å². The Morgan fingerprint density at radius 1 is 1.16 bits per heavy atom. The average molecular weight is 344 g/mol. The topological polar surface area (TPSA) is 66.9 Å². The molecule has 2 aliphatic heterocycles. The molecule has 2 unspecified atom stereocenters. The van der Waals surface area contributed by atoms with Gasteiger partial charge in [0.15, 0.2) is 0 Å². The molecule has 25 heavy (non-hydrogen) atoms. The van der Waals surface area contributed by atoms with Gasteiger partial charge in [0.05, 0.1) is 18.4 Å². The monoisotopic (exact) mass is 344 g/mol. The smallest absolute Gasteiger partial charge is 0.310 e. The fourth-order valence-electron chi connectivity index (χ4n) is 3.62. The highest BCUT2D eigenvalue weighted by Gasteiger charge is 2.39. The Morgan fingerprint density at radius 2 is 1.92 bits per heavy atom.